The largest absolute Gasteiger partial charge is 0.493 e. The number of rotatable bonds is 6. The molecule has 1 N–H and O–H groups in total. The molecule has 1 unspecified atom stereocenters. The smallest absolute Gasteiger partial charge is 0.119 e. The highest BCUT2D eigenvalue weighted by molar-refractivity contribution is 5.28. The van der Waals surface area contributed by atoms with Gasteiger partial charge < -0.3 is 9.84 Å². The van der Waals surface area contributed by atoms with Gasteiger partial charge in [0.25, 0.3) is 0 Å². The standard InChI is InChI=1S/C15H24O2/c1-11(2)13-5-7-14(8-6-13)17-10-9-15(16)12(3)4/h5-8,11-12,15-16H,9-10H2,1-4H3. The van der Waals surface area contributed by atoms with E-state index in [9.17, 15) is 5.11 Å². The van der Waals surface area contributed by atoms with E-state index in [1.54, 1.807) is 0 Å². The molecule has 1 aromatic carbocycles. The average molecular weight is 236 g/mol. The molecular formula is C15H24O2. The summed E-state index contributed by atoms with van der Waals surface area (Å²) in [7, 11) is 0. The second-order valence-electron chi connectivity index (χ2n) is 5.17. The van der Waals surface area contributed by atoms with Crippen molar-refractivity contribution < 1.29 is 9.84 Å². The summed E-state index contributed by atoms with van der Waals surface area (Å²) in [6, 6.07) is 8.19. The van der Waals surface area contributed by atoms with Crippen LogP contribution in [0.25, 0.3) is 0 Å². The Balaban J connectivity index is 2.37. The normalized spacial score (nSPS) is 13.1. The van der Waals surface area contributed by atoms with Gasteiger partial charge in [-0.25, -0.2) is 0 Å². The van der Waals surface area contributed by atoms with E-state index in [4.69, 9.17) is 4.74 Å². The van der Waals surface area contributed by atoms with E-state index >= 15 is 0 Å². The lowest BCUT2D eigenvalue weighted by atomic mass is 10.0. The van der Waals surface area contributed by atoms with Crippen LogP contribution in [0.5, 0.6) is 5.75 Å². The first kappa shape index (κ1) is 14.0. The monoisotopic (exact) mass is 236 g/mol. The molecule has 2 nitrogen and oxygen atoms in total. The SMILES string of the molecule is CC(C)c1ccc(OCCC(O)C(C)C)cc1. The maximum absolute atomic E-state index is 9.64. The summed E-state index contributed by atoms with van der Waals surface area (Å²) in [4.78, 5) is 0. The third-order valence-corrected chi connectivity index (χ3v) is 3.00. The Kier molecular flexibility index (Phi) is 5.49. The number of ether oxygens (including phenoxy) is 1. The molecule has 0 saturated carbocycles. The van der Waals surface area contributed by atoms with Gasteiger partial charge in [-0.2, -0.15) is 0 Å². The first-order chi connectivity index (χ1) is 8.00. The summed E-state index contributed by atoms with van der Waals surface area (Å²) >= 11 is 0. The fourth-order valence-corrected chi connectivity index (χ4v) is 1.58. The molecule has 96 valence electrons. The van der Waals surface area contributed by atoms with Gasteiger partial charge in [-0.15, -0.1) is 0 Å². The van der Waals surface area contributed by atoms with Crippen molar-refractivity contribution in [1.82, 2.24) is 0 Å². The van der Waals surface area contributed by atoms with Crippen LogP contribution < -0.4 is 4.74 Å². The Labute approximate surface area is 105 Å². The molecule has 0 fully saturated rings. The zero-order chi connectivity index (χ0) is 12.8. The van der Waals surface area contributed by atoms with Crippen molar-refractivity contribution in [1.29, 1.82) is 0 Å². The van der Waals surface area contributed by atoms with Crippen LogP contribution >= 0.6 is 0 Å². The van der Waals surface area contributed by atoms with Crippen LogP contribution in [-0.4, -0.2) is 17.8 Å². The molecule has 0 aliphatic heterocycles. The Morgan fingerprint density at radius 2 is 1.65 bits per heavy atom. The predicted octanol–water partition coefficient (Wildman–Crippen LogP) is 3.60. The van der Waals surface area contributed by atoms with Crippen LogP contribution in [-0.2, 0) is 0 Å². The summed E-state index contributed by atoms with van der Waals surface area (Å²) < 4.78 is 5.60. The van der Waals surface area contributed by atoms with E-state index in [0.29, 0.717) is 24.9 Å². The second kappa shape index (κ2) is 6.65. The van der Waals surface area contributed by atoms with Gasteiger partial charge in [0.1, 0.15) is 5.75 Å². The molecule has 2 heteroatoms. The lowest BCUT2D eigenvalue weighted by Gasteiger charge is -2.15. The Morgan fingerprint density at radius 1 is 1.06 bits per heavy atom. The van der Waals surface area contributed by atoms with Crippen LogP contribution in [0.3, 0.4) is 0 Å². The van der Waals surface area contributed by atoms with Crippen molar-refractivity contribution in [3.63, 3.8) is 0 Å². The number of benzene rings is 1. The van der Waals surface area contributed by atoms with Gasteiger partial charge in [0.2, 0.25) is 0 Å². The number of aliphatic hydroxyl groups excluding tert-OH is 1. The summed E-state index contributed by atoms with van der Waals surface area (Å²) in [5.74, 6) is 1.72. The number of hydrogen-bond acceptors (Lipinski definition) is 2. The lowest BCUT2D eigenvalue weighted by Crippen LogP contribution is -2.17. The second-order valence-corrected chi connectivity index (χ2v) is 5.17. The van der Waals surface area contributed by atoms with Crippen LogP contribution in [0, 0.1) is 5.92 Å². The van der Waals surface area contributed by atoms with Gasteiger partial charge in [0.05, 0.1) is 12.7 Å². The zero-order valence-electron chi connectivity index (χ0n) is 11.3. The van der Waals surface area contributed by atoms with Gasteiger partial charge in [0.15, 0.2) is 0 Å². The minimum absolute atomic E-state index is 0.273. The van der Waals surface area contributed by atoms with Crippen molar-refractivity contribution in [2.24, 2.45) is 5.92 Å². The fourth-order valence-electron chi connectivity index (χ4n) is 1.58. The molecule has 1 rings (SSSR count). The first-order valence-corrected chi connectivity index (χ1v) is 6.41. The Bertz CT molecular complexity index is 314. The van der Waals surface area contributed by atoms with Crippen LogP contribution in [0.4, 0.5) is 0 Å². The van der Waals surface area contributed by atoms with Crippen LogP contribution in [0.2, 0.25) is 0 Å². The molecule has 0 heterocycles. The molecule has 0 aromatic heterocycles. The minimum Gasteiger partial charge on any atom is -0.493 e. The van der Waals surface area contributed by atoms with E-state index in [-0.39, 0.29) is 6.10 Å². The van der Waals surface area contributed by atoms with E-state index < -0.39 is 0 Å². The minimum atomic E-state index is -0.273. The fraction of sp³-hybridized carbons (Fsp3) is 0.600. The zero-order valence-corrected chi connectivity index (χ0v) is 11.3. The van der Waals surface area contributed by atoms with Crippen molar-refractivity contribution in [2.45, 2.75) is 46.1 Å². The summed E-state index contributed by atoms with van der Waals surface area (Å²) in [5.41, 5.74) is 1.32. The molecule has 0 aliphatic rings. The van der Waals surface area contributed by atoms with Crippen molar-refractivity contribution in [2.75, 3.05) is 6.61 Å². The molecular weight excluding hydrogens is 212 g/mol. The van der Waals surface area contributed by atoms with E-state index in [1.807, 2.05) is 26.0 Å². The van der Waals surface area contributed by atoms with Gasteiger partial charge in [-0.1, -0.05) is 39.8 Å². The highest BCUT2D eigenvalue weighted by Gasteiger charge is 2.08. The van der Waals surface area contributed by atoms with Crippen LogP contribution in [0.15, 0.2) is 24.3 Å². The van der Waals surface area contributed by atoms with Gasteiger partial charge >= 0.3 is 0 Å². The van der Waals surface area contributed by atoms with Crippen molar-refractivity contribution in [3.05, 3.63) is 29.8 Å². The molecule has 1 aromatic rings. The van der Waals surface area contributed by atoms with E-state index in [1.165, 1.54) is 5.56 Å². The average Bonchev–Trinajstić information content (AvgIpc) is 2.29. The molecule has 0 radical (unpaired) electrons. The van der Waals surface area contributed by atoms with Crippen molar-refractivity contribution >= 4 is 0 Å². The molecule has 0 aliphatic carbocycles. The van der Waals surface area contributed by atoms with Crippen LogP contribution in [0.1, 0.15) is 45.6 Å². The molecule has 17 heavy (non-hydrogen) atoms. The third kappa shape index (κ3) is 4.78. The molecule has 0 saturated heterocycles. The van der Waals surface area contributed by atoms with E-state index in [0.717, 1.165) is 5.75 Å². The van der Waals surface area contributed by atoms with Gasteiger partial charge in [0, 0.05) is 6.42 Å². The quantitative estimate of drug-likeness (QED) is 0.817. The Hall–Kier alpha value is -1.02. The molecule has 0 amide bonds. The molecule has 0 bridgehead atoms. The summed E-state index contributed by atoms with van der Waals surface area (Å²) in [6.07, 6.45) is 0.411. The van der Waals surface area contributed by atoms with Crippen molar-refractivity contribution in [3.8, 4) is 5.75 Å². The Morgan fingerprint density at radius 3 is 2.12 bits per heavy atom. The highest BCUT2D eigenvalue weighted by atomic mass is 16.5. The maximum atomic E-state index is 9.64. The topological polar surface area (TPSA) is 29.5 Å². The maximum Gasteiger partial charge on any atom is 0.119 e. The number of hydrogen-bond donors (Lipinski definition) is 1. The van der Waals surface area contributed by atoms with E-state index in [2.05, 4.69) is 26.0 Å². The van der Waals surface area contributed by atoms with Gasteiger partial charge in [-0.3, -0.25) is 0 Å². The highest BCUT2D eigenvalue weighted by Crippen LogP contribution is 2.19. The molecule has 1 atom stereocenters. The first-order valence-electron chi connectivity index (χ1n) is 6.41. The predicted molar refractivity (Wildman–Crippen MR) is 71.5 cm³/mol. The lowest BCUT2D eigenvalue weighted by molar-refractivity contribution is 0.0976. The van der Waals surface area contributed by atoms with Gasteiger partial charge in [-0.05, 0) is 29.5 Å². The summed E-state index contributed by atoms with van der Waals surface area (Å²) in [6.45, 7) is 8.95. The summed E-state index contributed by atoms with van der Waals surface area (Å²) in [5, 5.41) is 9.64. The third-order valence-electron chi connectivity index (χ3n) is 3.00. The molecule has 0 spiro atoms. The number of aliphatic hydroxyl groups is 1.